The minimum Gasteiger partial charge on any atom is -0.370 e. The summed E-state index contributed by atoms with van der Waals surface area (Å²) in [5, 5.41) is 6.48. The van der Waals surface area contributed by atoms with Crippen LogP contribution >= 0.6 is 24.8 Å². The van der Waals surface area contributed by atoms with Crippen molar-refractivity contribution < 1.29 is 4.79 Å². The Labute approximate surface area is 151 Å². The van der Waals surface area contributed by atoms with Crippen LogP contribution in [0.15, 0.2) is 24.3 Å². The van der Waals surface area contributed by atoms with Crippen molar-refractivity contribution in [2.45, 2.75) is 32.1 Å². The summed E-state index contributed by atoms with van der Waals surface area (Å²) in [5.41, 5.74) is 2.15. The van der Waals surface area contributed by atoms with Gasteiger partial charge in [0.1, 0.15) is 0 Å². The zero-order valence-electron chi connectivity index (χ0n) is 13.4. The van der Waals surface area contributed by atoms with Crippen molar-refractivity contribution in [1.29, 1.82) is 0 Å². The second-order valence-corrected chi connectivity index (χ2v) is 6.16. The van der Waals surface area contributed by atoms with E-state index in [4.69, 9.17) is 0 Å². The average Bonchev–Trinajstić information content (AvgIpc) is 3.03. The number of anilines is 2. The summed E-state index contributed by atoms with van der Waals surface area (Å²) in [6.07, 6.45) is 5.37. The van der Waals surface area contributed by atoms with Crippen LogP contribution in [-0.4, -0.2) is 32.1 Å². The molecule has 2 saturated heterocycles. The molecule has 1 aromatic carbocycles. The van der Waals surface area contributed by atoms with Gasteiger partial charge in [-0.2, -0.15) is 0 Å². The van der Waals surface area contributed by atoms with Gasteiger partial charge in [0.2, 0.25) is 5.91 Å². The van der Waals surface area contributed by atoms with Gasteiger partial charge in [-0.1, -0.05) is 12.1 Å². The molecular weight excluding hydrogens is 333 g/mol. The monoisotopic (exact) mass is 359 g/mol. The highest BCUT2D eigenvalue weighted by atomic mass is 35.5. The molecule has 6 heteroatoms. The number of carbonyl (C=O) groups is 1. The molecule has 0 unspecified atom stereocenters. The van der Waals surface area contributed by atoms with Crippen LogP contribution in [-0.2, 0) is 4.79 Å². The first-order chi connectivity index (χ1) is 10.3. The average molecular weight is 360 g/mol. The Balaban J connectivity index is 0.00000132. The topological polar surface area (TPSA) is 44.4 Å². The molecule has 2 aliphatic heterocycles. The van der Waals surface area contributed by atoms with E-state index >= 15 is 0 Å². The summed E-state index contributed by atoms with van der Waals surface area (Å²) in [6.45, 7) is 4.28. The number of rotatable bonds is 4. The number of hydrogen-bond donors (Lipinski definition) is 2. The van der Waals surface area contributed by atoms with Gasteiger partial charge in [0, 0.05) is 19.5 Å². The highest BCUT2D eigenvalue weighted by Gasteiger charge is 2.19. The lowest BCUT2D eigenvalue weighted by atomic mass is 9.94. The molecule has 130 valence electrons. The summed E-state index contributed by atoms with van der Waals surface area (Å²) in [7, 11) is 0. The number of hydrogen-bond acceptors (Lipinski definition) is 3. The van der Waals surface area contributed by atoms with Gasteiger partial charge in [-0.15, -0.1) is 24.8 Å². The number of carbonyl (C=O) groups excluding carboxylic acids is 1. The zero-order chi connectivity index (χ0) is 14.5. The largest absolute Gasteiger partial charge is 0.370 e. The first kappa shape index (κ1) is 20.1. The molecule has 2 heterocycles. The van der Waals surface area contributed by atoms with E-state index in [-0.39, 0.29) is 30.7 Å². The maximum Gasteiger partial charge on any atom is 0.224 e. The maximum absolute atomic E-state index is 12.3. The molecule has 1 amide bonds. The van der Waals surface area contributed by atoms with Crippen molar-refractivity contribution in [3.8, 4) is 0 Å². The molecule has 0 spiro atoms. The van der Waals surface area contributed by atoms with Crippen molar-refractivity contribution in [2.75, 3.05) is 36.4 Å². The SMILES string of the molecule is Cl.Cl.O=C(CC1CCNCC1)Nc1ccccc1N1CCCC1. The van der Waals surface area contributed by atoms with E-state index in [0.717, 1.165) is 44.7 Å². The highest BCUT2D eigenvalue weighted by molar-refractivity contribution is 5.94. The predicted molar refractivity (Wildman–Crippen MR) is 101 cm³/mol. The fraction of sp³-hybridized carbons (Fsp3) is 0.588. The Bertz CT molecular complexity index is 486. The molecule has 2 N–H and O–H groups in total. The number of benzene rings is 1. The molecule has 3 rings (SSSR count). The fourth-order valence-corrected chi connectivity index (χ4v) is 3.36. The van der Waals surface area contributed by atoms with Crippen molar-refractivity contribution in [3.05, 3.63) is 24.3 Å². The lowest BCUT2D eigenvalue weighted by Crippen LogP contribution is -2.30. The molecule has 2 fully saturated rings. The predicted octanol–water partition coefficient (Wildman–Crippen LogP) is 3.46. The lowest BCUT2D eigenvalue weighted by Gasteiger charge is -2.24. The first-order valence-electron chi connectivity index (χ1n) is 8.17. The number of nitrogens with zero attached hydrogens (tertiary/aromatic N) is 1. The molecule has 0 aliphatic carbocycles. The van der Waals surface area contributed by atoms with E-state index in [1.165, 1.54) is 18.5 Å². The molecule has 1 aromatic rings. The summed E-state index contributed by atoms with van der Waals surface area (Å²) in [5.74, 6) is 0.693. The van der Waals surface area contributed by atoms with Crippen molar-refractivity contribution in [2.24, 2.45) is 5.92 Å². The molecule has 0 aromatic heterocycles. The Morgan fingerprint density at radius 2 is 1.78 bits per heavy atom. The number of piperidine rings is 1. The van der Waals surface area contributed by atoms with Crippen LogP contribution < -0.4 is 15.5 Å². The smallest absolute Gasteiger partial charge is 0.224 e. The van der Waals surface area contributed by atoms with Crippen LogP contribution in [0.4, 0.5) is 11.4 Å². The molecule has 0 radical (unpaired) electrons. The third kappa shape index (κ3) is 5.55. The summed E-state index contributed by atoms with van der Waals surface area (Å²) >= 11 is 0. The van der Waals surface area contributed by atoms with Crippen LogP contribution in [0.1, 0.15) is 32.1 Å². The van der Waals surface area contributed by atoms with E-state index in [1.807, 2.05) is 12.1 Å². The normalized spacial score (nSPS) is 18.0. The van der Waals surface area contributed by atoms with Crippen molar-refractivity contribution in [3.63, 3.8) is 0 Å². The fourth-order valence-electron chi connectivity index (χ4n) is 3.36. The Kier molecular flexibility index (Phi) is 8.74. The summed E-state index contributed by atoms with van der Waals surface area (Å²) in [4.78, 5) is 14.7. The van der Waals surface area contributed by atoms with Gasteiger partial charge in [-0.25, -0.2) is 0 Å². The third-order valence-electron chi connectivity index (χ3n) is 4.56. The lowest BCUT2D eigenvalue weighted by molar-refractivity contribution is -0.117. The summed E-state index contributed by atoms with van der Waals surface area (Å²) < 4.78 is 0. The van der Waals surface area contributed by atoms with Gasteiger partial charge in [0.05, 0.1) is 11.4 Å². The third-order valence-corrected chi connectivity index (χ3v) is 4.56. The standard InChI is InChI=1S/C17H25N3O.2ClH/c21-17(13-14-7-9-18-10-8-14)19-15-5-1-2-6-16(15)20-11-3-4-12-20;;/h1-2,5-6,14,18H,3-4,7-13H2,(H,19,21);2*1H. The number of nitrogens with one attached hydrogen (secondary N) is 2. The van der Waals surface area contributed by atoms with E-state index in [1.54, 1.807) is 0 Å². The van der Waals surface area contributed by atoms with Gasteiger partial charge >= 0.3 is 0 Å². The van der Waals surface area contributed by atoms with Crippen LogP contribution in [0, 0.1) is 5.92 Å². The maximum atomic E-state index is 12.3. The number of halogens is 2. The van der Waals surface area contributed by atoms with Gasteiger partial charge in [0.25, 0.3) is 0 Å². The number of amides is 1. The van der Waals surface area contributed by atoms with Crippen LogP contribution in [0.25, 0.3) is 0 Å². The second-order valence-electron chi connectivity index (χ2n) is 6.16. The van der Waals surface area contributed by atoms with Crippen molar-refractivity contribution >= 4 is 42.1 Å². The van der Waals surface area contributed by atoms with Gasteiger partial charge in [0.15, 0.2) is 0 Å². The van der Waals surface area contributed by atoms with Gasteiger partial charge in [-0.3, -0.25) is 4.79 Å². The van der Waals surface area contributed by atoms with Crippen molar-refractivity contribution in [1.82, 2.24) is 5.32 Å². The molecule has 0 saturated carbocycles. The molecule has 4 nitrogen and oxygen atoms in total. The Hall–Kier alpha value is -0.970. The molecular formula is C17H27Cl2N3O. The minimum atomic E-state index is 0. The molecule has 2 aliphatic rings. The molecule has 0 bridgehead atoms. The van der Waals surface area contributed by atoms with E-state index < -0.39 is 0 Å². The first-order valence-corrected chi connectivity index (χ1v) is 8.17. The second kappa shape index (κ2) is 10.0. The summed E-state index contributed by atoms with van der Waals surface area (Å²) in [6, 6.07) is 8.19. The van der Waals surface area contributed by atoms with Crippen LogP contribution in [0.2, 0.25) is 0 Å². The zero-order valence-corrected chi connectivity index (χ0v) is 15.1. The van der Waals surface area contributed by atoms with Gasteiger partial charge < -0.3 is 15.5 Å². The Morgan fingerprint density at radius 3 is 2.48 bits per heavy atom. The molecule has 0 atom stereocenters. The van der Waals surface area contributed by atoms with Crippen LogP contribution in [0.3, 0.4) is 0 Å². The Morgan fingerprint density at radius 1 is 1.13 bits per heavy atom. The van der Waals surface area contributed by atoms with E-state index in [0.29, 0.717) is 12.3 Å². The quantitative estimate of drug-likeness (QED) is 0.864. The van der Waals surface area contributed by atoms with Gasteiger partial charge in [-0.05, 0) is 56.8 Å². The molecule has 23 heavy (non-hydrogen) atoms. The van der Waals surface area contributed by atoms with E-state index in [2.05, 4.69) is 27.7 Å². The van der Waals surface area contributed by atoms with Crippen LogP contribution in [0.5, 0.6) is 0 Å². The number of para-hydroxylation sites is 2. The minimum absolute atomic E-state index is 0. The highest BCUT2D eigenvalue weighted by Crippen LogP contribution is 2.29. The van der Waals surface area contributed by atoms with E-state index in [9.17, 15) is 4.79 Å².